The van der Waals surface area contributed by atoms with Gasteiger partial charge >= 0.3 is 11.9 Å². The van der Waals surface area contributed by atoms with Gasteiger partial charge in [-0.3, -0.25) is 9.59 Å². The van der Waals surface area contributed by atoms with E-state index >= 15 is 0 Å². The van der Waals surface area contributed by atoms with E-state index in [9.17, 15) is 24.9 Å². The van der Waals surface area contributed by atoms with Gasteiger partial charge in [0.1, 0.15) is 0 Å². The highest BCUT2D eigenvalue weighted by molar-refractivity contribution is 6.25. The molecular formula is C33H32N4O5. The number of aromatic amines is 1. The van der Waals surface area contributed by atoms with Crippen molar-refractivity contribution in [2.75, 3.05) is 0 Å². The molecule has 0 radical (unpaired) electrons. The molecule has 5 heterocycles. The molecule has 0 aromatic carbocycles. The summed E-state index contributed by atoms with van der Waals surface area (Å²) in [5.41, 5.74) is 10.2. The number of hydrogen-bond acceptors (Lipinski definition) is 6. The minimum atomic E-state index is -0.915. The van der Waals surface area contributed by atoms with Gasteiger partial charge in [0.25, 0.3) is 0 Å². The monoisotopic (exact) mass is 564 g/mol. The van der Waals surface area contributed by atoms with Gasteiger partial charge in [0, 0.05) is 34.7 Å². The standard InChI is InChI=1S/C33H32N4O5/c1-6-20-16(2)26-13-31-23(15-38)19(5)25(37-31)11-24-17(3)21(7-9-32(39)40)29(35-24)14-30-22(8-10-33(41)42)18(4)27(36-30)12-28(20)34-26/h6,11-15,34,38H,1,7-10H2,2-5H3,(H,39,40)(H,41,42)/b23-15+,24-11?,26-13?,28-12?,30-14?. The van der Waals surface area contributed by atoms with Crippen molar-refractivity contribution in [3.63, 3.8) is 0 Å². The van der Waals surface area contributed by atoms with Crippen molar-refractivity contribution >= 4 is 47.3 Å². The Hall–Kier alpha value is -5.05. The number of rotatable bonds is 7. The van der Waals surface area contributed by atoms with Crippen LogP contribution in [0.25, 0.3) is 18.2 Å². The van der Waals surface area contributed by atoms with Crippen LogP contribution in [0.2, 0.25) is 0 Å². The number of aliphatic imine (C=N–C) groups is 3. The topological polar surface area (TPSA) is 148 Å². The van der Waals surface area contributed by atoms with E-state index in [0.29, 0.717) is 39.8 Å². The van der Waals surface area contributed by atoms with Crippen LogP contribution in [-0.4, -0.2) is 49.4 Å². The largest absolute Gasteiger partial charge is 0.515 e. The summed E-state index contributed by atoms with van der Waals surface area (Å²) in [6.07, 6.45) is 10.7. The fraction of sp³-hybridized carbons (Fsp3) is 0.242. The predicted molar refractivity (Wildman–Crippen MR) is 165 cm³/mol. The number of carboxylic acid groups (broad SMARTS) is 2. The van der Waals surface area contributed by atoms with E-state index in [1.165, 1.54) is 0 Å². The lowest BCUT2D eigenvalue weighted by atomic mass is 9.96. The fourth-order valence-electron chi connectivity index (χ4n) is 5.59. The van der Waals surface area contributed by atoms with Crippen LogP contribution in [0.4, 0.5) is 0 Å². The summed E-state index contributed by atoms with van der Waals surface area (Å²) < 4.78 is 0. The van der Waals surface area contributed by atoms with Crippen molar-refractivity contribution in [3.05, 3.63) is 97.3 Å². The van der Waals surface area contributed by atoms with Crippen LogP contribution in [0.15, 0.2) is 90.5 Å². The first kappa shape index (κ1) is 28.5. The van der Waals surface area contributed by atoms with Crippen molar-refractivity contribution < 1.29 is 24.9 Å². The molecule has 4 aliphatic rings. The number of carbonyl (C=O) groups is 2. The number of nitrogens with zero attached hydrogens (tertiary/aromatic N) is 3. The number of allylic oxidation sites excluding steroid dienone is 8. The molecule has 42 heavy (non-hydrogen) atoms. The maximum Gasteiger partial charge on any atom is 0.303 e. The summed E-state index contributed by atoms with van der Waals surface area (Å²) in [4.78, 5) is 41.1. The normalized spacial score (nSPS) is 18.9. The lowest BCUT2D eigenvalue weighted by Crippen LogP contribution is -2.15. The summed E-state index contributed by atoms with van der Waals surface area (Å²) >= 11 is 0. The number of aliphatic hydroxyl groups is 1. The second kappa shape index (κ2) is 11.1. The molecule has 0 fully saturated rings. The van der Waals surface area contributed by atoms with Crippen molar-refractivity contribution in [3.8, 4) is 0 Å². The van der Waals surface area contributed by atoms with Gasteiger partial charge in [-0.05, 0) is 98.3 Å². The van der Waals surface area contributed by atoms with Crippen LogP contribution in [0.1, 0.15) is 57.6 Å². The molecule has 1 aromatic heterocycles. The average molecular weight is 565 g/mol. The Morgan fingerprint density at radius 2 is 1.43 bits per heavy atom. The third-order valence-electron chi connectivity index (χ3n) is 8.07. The number of H-pyrrole nitrogens is 1. The molecule has 4 N–H and O–H groups in total. The molecule has 0 amide bonds. The van der Waals surface area contributed by atoms with Crippen LogP contribution in [0.5, 0.6) is 0 Å². The molecule has 0 atom stereocenters. The summed E-state index contributed by atoms with van der Waals surface area (Å²) in [7, 11) is 0. The van der Waals surface area contributed by atoms with Gasteiger partial charge in [-0.15, -0.1) is 0 Å². The van der Waals surface area contributed by atoms with Crippen LogP contribution in [-0.2, 0) is 9.59 Å². The van der Waals surface area contributed by atoms with E-state index in [1.807, 2.05) is 52.0 Å². The molecule has 0 unspecified atom stereocenters. The van der Waals surface area contributed by atoms with Crippen molar-refractivity contribution in [1.82, 2.24) is 4.98 Å². The van der Waals surface area contributed by atoms with E-state index in [1.54, 1.807) is 6.08 Å². The van der Waals surface area contributed by atoms with Gasteiger partial charge in [-0.2, -0.15) is 0 Å². The van der Waals surface area contributed by atoms with Crippen molar-refractivity contribution in [1.29, 1.82) is 0 Å². The molecule has 0 aliphatic carbocycles. The quantitative estimate of drug-likeness (QED) is 0.353. The Bertz CT molecular complexity index is 1880. The van der Waals surface area contributed by atoms with Gasteiger partial charge in [0.2, 0.25) is 0 Å². The highest BCUT2D eigenvalue weighted by atomic mass is 16.4. The maximum atomic E-state index is 11.5. The van der Waals surface area contributed by atoms with E-state index < -0.39 is 11.9 Å². The number of aliphatic carboxylic acids is 2. The SMILES string of the molecule is C=Cc1c(C)c2[nH]c1=CC1=NC(=CC3=NC(=CC4=C(C)/C(=C\O)C(=N4)C=2)C(C)=C3CCC(=O)O)C(CCC(=O)O)=C1C. The second-order valence-electron chi connectivity index (χ2n) is 10.6. The number of fused-ring (bicyclic) bond motifs is 5. The number of hydrogen-bond donors (Lipinski definition) is 4. The Morgan fingerprint density at radius 1 is 0.786 bits per heavy atom. The molecule has 0 spiro atoms. The zero-order valence-electron chi connectivity index (χ0n) is 24.0. The molecule has 9 nitrogen and oxygen atoms in total. The smallest absolute Gasteiger partial charge is 0.303 e. The highest BCUT2D eigenvalue weighted by Gasteiger charge is 2.27. The van der Waals surface area contributed by atoms with Gasteiger partial charge in [-0.1, -0.05) is 12.7 Å². The average Bonchev–Trinajstić information content (AvgIpc) is 3.59. The van der Waals surface area contributed by atoms with Crippen LogP contribution in [0.3, 0.4) is 0 Å². The summed E-state index contributed by atoms with van der Waals surface area (Å²) in [5, 5.41) is 30.6. The minimum absolute atomic E-state index is 0.0575. The maximum absolute atomic E-state index is 11.5. The molecule has 9 heteroatoms. The third-order valence-corrected chi connectivity index (χ3v) is 8.07. The van der Waals surface area contributed by atoms with Crippen LogP contribution >= 0.6 is 0 Å². The number of aromatic nitrogens is 1. The molecule has 214 valence electrons. The Morgan fingerprint density at radius 3 is 2.07 bits per heavy atom. The van der Waals surface area contributed by atoms with Gasteiger partial charge in [-0.25, -0.2) is 15.0 Å². The molecule has 4 aliphatic heterocycles. The summed E-state index contributed by atoms with van der Waals surface area (Å²) in [6, 6.07) is 0. The Labute approximate surface area is 242 Å². The molecule has 0 saturated heterocycles. The first-order valence-electron chi connectivity index (χ1n) is 13.7. The Balaban J connectivity index is 1.82. The Kier molecular flexibility index (Phi) is 7.51. The van der Waals surface area contributed by atoms with E-state index in [0.717, 1.165) is 56.0 Å². The fourth-order valence-corrected chi connectivity index (χ4v) is 5.59. The predicted octanol–water partition coefficient (Wildman–Crippen LogP) is 4.75. The zero-order chi connectivity index (χ0) is 30.3. The van der Waals surface area contributed by atoms with Crippen molar-refractivity contribution in [2.45, 2.75) is 53.4 Å². The second-order valence-corrected chi connectivity index (χ2v) is 10.6. The van der Waals surface area contributed by atoms with Crippen molar-refractivity contribution in [2.24, 2.45) is 15.0 Å². The van der Waals surface area contributed by atoms with Gasteiger partial charge in [0.05, 0.1) is 40.5 Å². The first-order chi connectivity index (χ1) is 20.0. The van der Waals surface area contributed by atoms with E-state index in [-0.39, 0.29) is 25.7 Å². The lowest BCUT2D eigenvalue weighted by Gasteiger charge is -2.07. The van der Waals surface area contributed by atoms with Gasteiger partial charge < -0.3 is 20.3 Å². The third kappa shape index (κ3) is 5.09. The van der Waals surface area contributed by atoms with Crippen LogP contribution < -0.4 is 10.7 Å². The first-order valence-corrected chi connectivity index (χ1v) is 13.7. The number of carboxylic acids is 2. The van der Waals surface area contributed by atoms with E-state index in [2.05, 4.69) is 11.6 Å². The van der Waals surface area contributed by atoms with Gasteiger partial charge in [0.15, 0.2) is 0 Å². The molecule has 5 rings (SSSR count). The summed E-state index contributed by atoms with van der Waals surface area (Å²) in [6.45, 7) is 11.7. The highest BCUT2D eigenvalue weighted by Crippen LogP contribution is 2.36. The molecule has 8 bridgehead atoms. The molecule has 1 aromatic rings. The van der Waals surface area contributed by atoms with E-state index in [4.69, 9.17) is 15.0 Å². The zero-order valence-corrected chi connectivity index (χ0v) is 24.0. The number of nitrogens with one attached hydrogen (secondary N) is 1. The lowest BCUT2D eigenvalue weighted by molar-refractivity contribution is -0.137. The molecular weight excluding hydrogens is 532 g/mol. The summed E-state index contributed by atoms with van der Waals surface area (Å²) in [5.74, 6) is -1.82. The van der Waals surface area contributed by atoms with Crippen LogP contribution in [0, 0.1) is 6.92 Å². The minimum Gasteiger partial charge on any atom is -0.515 e. The molecule has 0 saturated carbocycles. The number of aliphatic hydroxyl groups excluding tert-OH is 1.